The summed E-state index contributed by atoms with van der Waals surface area (Å²) in [5, 5.41) is 0. The summed E-state index contributed by atoms with van der Waals surface area (Å²) in [5.41, 5.74) is 6.75. The van der Waals surface area contributed by atoms with E-state index in [4.69, 9.17) is 10.5 Å². The van der Waals surface area contributed by atoms with Gasteiger partial charge in [0, 0.05) is 16.6 Å². The predicted molar refractivity (Wildman–Crippen MR) is 76.3 cm³/mol. The lowest BCUT2D eigenvalue weighted by Gasteiger charge is -2.10. The first-order valence-electron chi connectivity index (χ1n) is 6.39. The summed E-state index contributed by atoms with van der Waals surface area (Å²) in [6.45, 7) is 3.54. The van der Waals surface area contributed by atoms with Crippen molar-refractivity contribution < 1.29 is 4.74 Å². The van der Waals surface area contributed by atoms with Crippen LogP contribution in [0.1, 0.15) is 44.6 Å². The highest BCUT2D eigenvalue weighted by Gasteiger charge is 2.02. The Morgan fingerprint density at radius 1 is 1.18 bits per heavy atom. The molecule has 3 heteroatoms. The highest BCUT2D eigenvalue weighted by molar-refractivity contribution is 9.10. The van der Waals surface area contributed by atoms with Crippen LogP contribution in [0.15, 0.2) is 22.7 Å². The third-order valence-corrected chi connectivity index (χ3v) is 3.24. The Hall–Kier alpha value is -0.540. The van der Waals surface area contributed by atoms with Gasteiger partial charge in [0.1, 0.15) is 5.75 Å². The summed E-state index contributed by atoms with van der Waals surface area (Å²) in [6.07, 6.45) is 6.30. The molecule has 0 unspecified atom stereocenters. The van der Waals surface area contributed by atoms with Crippen molar-refractivity contribution >= 4 is 15.9 Å². The molecule has 1 rings (SSSR count). The van der Waals surface area contributed by atoms with E-state index in [1.165, 1.54) is 25.7 Å². The molecule has 0 amide bonds. The number of halogens is 1. The molecular weight excluding hydrogens is 278 g/mol. The van der Waals surface area contributed by atoms with Gasteiger partial charge in [-0.2, -0.15) is 0 Å². The molecule has 0 radical (unpaired) electrons. The number of hydrogen-bond acceptors (Lipinski definition) is 2. The van der Waals surface area contributed by atoms with Crippen molar-refractivity contribution in [2.75, 3.05) is 6.61 Å². The molecule has 0 atom stereocenters. The van der Waals surface area contributed by atoms with Gasteiger partial charge in [-0.3, -0.25) is 0 Å². The summed E-state index contributed by atoms with van der Waals surface area (Å²) >= 11 is 3.44. The third kappa shape index (κ3) is 5.55. The minimum Gasteiger partial charge on any atom is -0.493 e. The molecule has 0 saturated heterocycles. The second kappa shape index (κ2) is 8.54. The molecule has 1 aromatic carbocycles. The van der Waals surface area contributed by atoms with E-state index < -0.39 is 0 Å². The molecule has 0 fully saturated rings. The molecular formula is C14H22BrNO. The summed E-state index contributed by atoms with van der Waals surface area (Å²) in [7, 11) is 0. The third-order valence-electron chi connectivity index (χ3n) is 2.75. The first kappa shape index (κ1) is 14.5. The largest absolute Gasteiger partial charge is 0.493 e. The zero-order chi connectivity index (χ0) is 12.5. The second-order valence-corrected chi connectivity index (χ2v) is 5.13. The summed E-state index contributed by atoms with van der Waals surface area (Å²) < 4.78 is 6.81. The Bertz CT molecular complexity index is 328. The molecule has 0 bridgehead atoms. The average molecular weight is 300 g/mol. The van der Waals surface area contributed by atoms with Crippen LogP contribution in [-0.2, 0) is 6.54 Å². The van der Waals surface area contributed by atoms with E-state index in [0.29, 0.717) is 6.54 Å². The Balaban J connectivity index is 2.31. The number of unbranched alkanes of at least 4 members (excludes halogenated alkanes) is 4. The standard InChI is InChI=1S/C14H22BrNO/c1-2-3-4-5-6-9-17-14-8-7-13(15)10-12(14)11-16/h7-8,10H,2-6,9,11,16H2,1H3. The molecule has 96 valence electrons. The zero-order valence-electron chi connectivity index (χ0n) is 10.5. The lowest BCUT2D eigenvalue weighted by atomic mass is 10.1. The minimum atomic E-state index is 0.518. The van der Waals surface area contributed by atoms with Gasteiger partial charge in [-0.15, -0.1) is 0 Å². The molecule has 2 nitrogen and oxygen atoms in total. The topological polar surface area (TPSA) is 35.2 Å². The summed E-state index contributed by atoms with van der Waals surface area (Å²) in [6, 6.07) is 6.00. The van der Waals surface area contributed by atoms with Crippen LogP contribution in [0, 0.1) is 0 Å². The van der Waals surface area contributed by atoms with Crippen molar-refractivity contribution in [3.8, 4) is 5.75 Å². The van der Waals surface area contributed by atoms with Crippen molar-refractivity contribution in [1.29, 1.82) is 0 Å². The molecule has 0 aliphatic heterocycles. The zero-order valence-corrected chi connectivity index (χ0v) is 12.1. The maximum Gasteiger partial charge on any atom is 0.123 e. The number of ether oxygens (including phenoxy) is 1. The second-order valence-electron chi connectivity index (χ2n) is 4.22. The summed E-state index contributed by atoms with van der Waals surface area (Å²) in [4.78, 5) is 0. The fourth-order valence-electron chi connectivity index (χ4n) is 1.74. The number of hydrogen-bond donors (Lipinski definition) is 1. The molecule has 0 aromatic heterocycles. The van der Waals surface area contributed by atoms with Gasteiger partial charge in [-0.1, -0.05) is 48.5 Å². The van der Waals surface area contributed by atoms with Crippen LogP contribution in [0.2, 0.25) is 0 Å². The molecule has 0 saturated carbocycles. The van der Waals surface area contributed by atoms with Crippen LogP contribution in [0.5, 0.6) is 5.75 Å². The molecule has 2 N–H and O–H groups in total. The van der Waals surface area contributed by atoms with Gasteiger partial charge in [-0.25, -0.2) is 0 Å². The van der Waals surface area contributed by atoms with Crippen LogP contribution in [0.4, 0.5) is 0 Å². The van der Waals surface area contributed by atoms with Gasteiger partial charge >= 0.3 is 0 Å². The van der Waals surface area contributed by atoms with Gasteiger partial charge in [-0.05, 0) is 24.6 Å². The van der Waals surface area contributed by atoms with Gasteiger partial charge in [0.15, 0.2) is 0 Å². The Morgan fingerprint density at radius 3 is 2.65 bits per heavy atom. The molecule has 0 spiro atoms. The monoisotopic (exact) mass is 299 g/mol. The van der Waals surface area contributed by atoms with Crippen LogP contribution in [-0.4, -0.2) is 6.61 Å². The number of benzene rings is 1. The van der Waals surface area contributed by atoms with E-state index >= 15 is 0 Å². The fraction of sp³-hybridized carbons (Fsp3) is 0.571. The van der Waals surface area contributed by atoms with Gasteiger partial charge < -0.3 is 10.5 Å². The quantitative estimate of drug-likeness (QED) is 0.728. The van der Waals surface area contributed by atoms with Crippen LogP contribution >= 0.6 is 15.9 Å². The van der Waals surface area contributed by atoms with Crippen LogP contribution in [0.25, 0.3) is 0 Å². The Kier molecular flexibility index (Phi) is 7.29. The maximum atomic E-state index is 5.76. The van der Waals surface area contributed by atoms with Crippen LogP contribution < -0.4 is 10.5 Å². The molecule has 1 aromatic rings. The Labute approximate surface area is 113 Å². The van der Waals surface area contributed by atoms with Crippen LogP contribution in [0.3, 0.4) is 0 Å². The first-order chi connectivity index (χ1) is 8.27. The van der Waals surface area contributed by atoms with Gasteiger partial charge in [0.2, 0.25) is 0 Å². The van der Waals surface area contributed by atoms with Crippen molar-refractivity contribution in [3.63, 3.8) is 0 Å². The van der Waals surface area contributed by atoms with E-state index in [0.717, 1.165) is 28.8 Å². The average Bonchev–Trinajstić information content (AvgIpc) is 2.35. The van der Waals surface area contributed by atoms with Crippen molar-refractivity contribution in [3.05, 3.63) is 28.2 Å². The maximum absolute atomic E-state index is 5.76. The van der Waals surface area contributed by atoms with Gasteiger partial charge in [0.25, 0.3) is 0 Å². The molecule has 0 aliphatic carbocycles. The van der Waals surface area contributed by atoms with Crippen molar-refractivity contribution in [1.82, 2.24) is 0 Å². The van der Waals surface area contributed by atoms with E-state index in [2.05, 4.69) is 22.9 Å². The molecule has 0 heterocycles. The molecule has 17 heavy (non-hydrogen) atoms. The lowest BCUT2D eigenvalue weighted by molar-refractivity contribution is 0.301. The lowest BCUT2D eigenvalue weighted by Crippen LogP contribution is -2.03. The highest BCUT2D eigenvalue weighted by Crippen LogP contribution is 2.23. The van der Waals surface area contributed by atoms with E-state index in [-0.39, 0.29) is 0 Å². The SMILES string of the molecule is CCCCCCCOc1ccc(Br)cc1CN. The van der Waals surface area contributed by atoms with Crippen molar-refractivity contribution in [2.24, 2.45) is 5.73 Å². The van der Waals surface area contributed by atoms with E-state index in [1.807, 2.05) is 18.2 Å². The fourth-order valence-corrected chi connectivity index (χ4v) is 2.14. The molecule has 0 aliphatic rings. The summed E-state index contributed by atoms with van der Waals surface area (Å²) in [5.74, 6) is 0.922. The first-order valence-corrected chi connectivity index (χ1v) is 7.18. The van der Waals surface area contributed by atoms with Gasteiger partial charge in [0.05, 0.1) is 6.61 Å². The predicted octanol–water partition coefficient (Wildman–Crippen LogP) is 4.26. The smallest absolute Gasteiger partial charge is 0.123 e. The number of rotatable bonds is 8. The van der Waals surface area contributed by atoms with E-state index in [1.54, 1.807) is 0 Å². The van der Waals surface area contributed by atoms with Crippen molar-refractivity contribution in [2.45, 2.75) is 45.6 Å². The minimum absolute atomic E-state index is 0.518. The van der Waals surface area contributed by atoms with E-state index in [9.17, 15) is 0 Å². The normalized spacial score (nSPS) is 10.5. The number of nitrogens with two attached hydrogens (primary N) is 1. The highest BCUT2D eigenvalue weighted by atomic mass is 79.9. The Morgan fingerprint density at radius 2 is 1.94 bits per heavy atom.